The third kappa shape index (κ3) is 3.07. The second kappa shape index (κ2) is 6.10. The van der Waals surface area contributed by atoms with Gasteiger partial charge in [-0.15, -0.1) is 0 Å². The normalized spacial score (nSPS) is 10.4. The van der Waals surface area contributed by atoms with E-state index in [1.165, 1.54) is 0 Å². The van der Waals surface area contributed by atoms with E-state index >= 15 is 0 Å². The smallest absolute Gasteiger partial charge is 0.413 e. The number of carbonyl (C=O) groups excluding carboxylic acids is 1. The predicted octanol–water partition coefficient (Wildman–Crippen LogP) is 1.57. The summed E-state index contributed by atoms with van der Waals surface area (Å²) in [5, 5.41) is 15.2. The summed E-state index contributed by atoms with van der Waals surface area (Å²) in [5.41, 5.74) is 0.814. The highest BCUT2D eigenvalue weighted by molar-refractivity contribution is 5.90. The third-order valence-corrected chi connectivity index (χ3v) is 2.96. The number of hydrogen-bond donors (Lipinski definition) is 2. The minimum atomic E-state index is -1.19. The van der Waals surface area contributed by atoms with Crippen LogP contribution in [0.3, 0.4) is 0 Å². The molecule has 2 aromatic heterocycles. The summed E-state index contributed by atoms with van der Waals surface area (Å²) in [6.07, 6.45) is 1.52. The summed E-state index contributed by atoms with van der Waals surface area (Å²) in [5.74, 6) is -1.13. The van der Waals surface area contributed by atoms with E-state index in [2.05, 4.69) is 20.4 Å². The van der Waals surface area contributed by atoms with E-state index in [1.807, 2.05) is 30.3 Å². The van der Waals surface area contributed by atoms with Crippen LogP contribution in [-0.4, -0.2) is 36.8 Å². The highest BCUT2D eigenvalue weighted by Crippen LogP contribution is 2.13. The average Bonchev–Trinajstić information content (AvgIpc) is 2.99. The number of aromatic nitrogens is 4. The number of carboxylic acids is 1. The molecule has 3 aromatic rings. The molecular weight excluding hydrogens is 302 g/mol. The van der Waals surface area contributed by atoms with Crippen LogP contribution < -0.4 is 5.32 Å². The Labute approximate surface area is 129 Å². The van der Waals surface area contributed by atoms with Crippen molar-refractivity contribution in [2.75, 3.05) is 5.32 Å². The molecule has 0 spiro atoms. The molecule has 1 aromatic carbocycles. The summed E-state index contributed by atoms with van der Waals surface area (Å²) in [6, 6.07) is 9.18. The fourth-order valence-corrected chi connectivity index (χ4v) is 1.91. The standard InChI is InChI=1S/C14H11N5O4/c20-13(21)10-6-15-12-11(16-8-17-19(10)12)18-14(22)23-7-9-4-2-1-3-5-9/h1-6,8H,7H2,(H,20,21)(H,16,17,18,22). The zero-order valence-corrected chi connectivity index (χ0v) is 11.7. The molecule has 0 radical (unpaired) electrons. The molecule has 1 amide bonds. The van der Waals surface area contributed by atoms with Gasteiger partial charge in [0.25, 0.3) is 0 Å². The van der Waals surface area contributed by atoms with Gasteiger partial charge in [-0.05, 0) is 5.56 Å². The third-order valence-electron chi connectivity index (χ3n) is 2.96. The van der Waals surface area contributed by atoms with Crippen LogP contribution in [0.5, 0.6) is 0 Å². The number of carboxylic acid groups (broad SMARTS) is 1. The second-order valence-corrected chi connectivity index (χ2v) is 4.48. The highest BCUT2D eigenvalue weighted by Gasteiger charge is 2.16. The van der Waals surface area contributed by atoms with E-state index in [-0.39, 0.29) is 23.8 Å². The molecule has 2 heterocycles. The van der Waals surface area contributed by atoms with Crippen molar-refractivity contribution in [2.24, 2.45) is 0 Å². The lowest BCUT2D eigenvalue weighted by molar-refractivity contribution is 0.0688. The summed E-state index contributed by atoms with van der Waals surface area (Å²) >= 11 is 0. The van der Waals surface area contributed by atoms with Gasteiger partial charge in [-0.3, -0.25) is 5.32 Å². The van der Waals surface area contributed by atoms with Gasteiger partial charge in [-0.1, -0.05) is 30.3 Å². The van der Waals surface area contributed by atoms with Gasteiger partial charge in [0, 0.05) is 0 Å². The van der Waals surface area contributed by atoms with Gasteiger partial charge < -0.3 is 9.84 Å². The number of nitrogens with one attached hydrogen (secondary N) is 1. The lowest BCUT2D eigenvalue weighted by Crippen LogP contribution is -2.16. The number of aromatic carboxylic acids is 1. The Morgan fingerprint density at radius 2 is 2.00 bits per heavy atom. The van der Waals surface area contributed by atoms with Crippen LogP contribution in [0.1, 0.15) is 16.1 Å². The van der Waals surface area contributed by atoms with Crippen molar-refractivity contribution in [3.63, 3.8) is 0 Å². The van der Waals surface area contributed by atoms with Crippen molar-refractivity contribution in [1.29, 1.82) is 0 Å². The van der Waals surface area contributed by atoms with Crippen LogP contribution in [0.2, 0.25) is 0 Å². The first-order valence-corrected chi connectivity index (χ1v) is 6.55. The van der Waals surface area contributed by atoms with Crippen LogP contribution in [-0.2, 0) is 11.3 Å². The number of hydrogen-bond acceptors (Lipinski definition) is 6. The molecule has 116 valence electrons. The first-order chi connectivity index (χ1) is 11.1. The van der Waals surface area contributed by atoms with Crippen LogP contribution >= 0.6 is 0 Å². The van der Waals surface area contributed by atoms with Crippen LogP contribution in [0, 0.1) is 0 Å². The Morgan fingerprint density at radius 1 is 1.22 bits per heavy atom. The maximum atomic E-state index is 11.8. The minimum Gasteiger partial charge on any atom is -0.476 e. The Bertz CT molecular complexity index is 862. The number of rotatable bonds is 4. The summed E-state index contributed by atoms with van der Waals surface area (Å²) < 4.78 is 6.14. The number of ether oxygens (including phenoxy) is 1. The molecule has 0 aliphatic rings. The second-order valence-electron chi connectivity index (χ2n) is 4.48. The number of carbonyl (C=O) groups is 2. The zero-order valence-electron chi connectivity index (χ0n) is 11.7. The molecule has 0 atom stereocenters. The van der Waals surface area contributed by atoms with E-state index in [0.29, 0.717) is 0 Å². The molecule has 9 nitrogen and oxygen atoms in total. The molecule has 0 fully saturated rings. The molecule has 0 saturated carbocycles. The molecule has 9 heteroatoms. The minimum absolute atomic E-state index is 0.0607. The largest absolute Gasteiger partial charge is 0.476 e. The Morgan fingerprint density at radius 3 is 2.74 bits per heavy atom. The van der Waals surface area contributed by atoms with E-state index in [4.69, 9.17) is 9.84 Å². The highest BCUT2D eigenvalue weighted by atomic mass is 16.5. The molecule has 0 aliphatic heterocycles. The topological polar surface area (TPSA) is 119 Å². The number of benzene rings is 1. The zero-order chi connectivity index (χ0) is 16.2. The van der Waals surface area contributed by atoms with E-state index in [1.54, 1.807) is 0 Å². The van der Waals surface area contributed by atoms with Crippen LogP contribution in [0.15, 0.2) is 42.9 Å². The predicted molar refractivity (Wildman–Crippen MR) is 78.0 cm³/mol. The van der Waals surface area contributed by atoms with Gasteiger partial charge in [0.05, 0.1) is 6.20 Å². The Kier molecular flexibility index (Phi) is 3.83. The number of imidazole rings is 1. The van der Waals surface area contributed by atoms with E-state index in [9.17, 15) is 9.59 Å². The summed E-state index contributed by atoms with van der Waals surface area (Å²) in [4.78, 5) is 30.6. The molecule has 0 aliphatic carbocycles. The number of amides is 1. The molecule has 23 heavy (non-hydrogen) atoms. The van der Waals surface area contributed by atoms with Crippen molar-refractivity contribution >= 4 is 23.5 Å². The molecule has 0 bridgehead atoms. The van der Waals surface area contributed by atoms with Gasteiger partial charge >= 0.3 is 12.1 Å². The molecule has 2 N–H and O–H groups in total. The first kappa shape index (κ1) is 14.4. The Hall–Kier alpha value is -3.49. The first-order valence-electron chi connectivity index (χ1n) is 6.55. The Balaban J connectivity index is 1.74. The summed E-state index contributed by atoms with van der Waals surface area (Å²) in [6.45, 7) is 0.100. The lowest BCUT2D eigenvalue weighted by atomic mass is 10.2. The summed E-state index contributed by atoms with van der Waals surface area (Å²) in [7, 11) is 0. The van der Waals surface area contributed by atoms with E-state index < -0.39 is 12.1 Å². The SMILES string of the molecule is O=C(Nc1ncnn2c(C(=O)O)cnc12)OCc1ccccc1. The fourth-order valence-electron chi connectivity index (χ4n) is 1.91. The van der Waals surface area contributed by atoms with Crippen molar-refractivity contribution in [2.45, 2.75) is 6.61 Å². The van der Waals surface area contributed by atoms with Gasteiger partial charge in [0.1, 0.15) is 12.9 Å². The van der Waals surface area contributed by atoms with Crippen LogP contribution in [0.4, 0.5) is 10.6 Å². The molecule has 3 rings (SSSR count). The number of anilines is 1. The van der Waals surface area contributed by atoms with Crippen molar-refractivity contribution < 1.29 is 19.4 Å². The van der Waals surface area contributed by atoms with Crippen LogP contribution in [0.25, 0.3) is 5.65 Å². The van der Waals surface area contributed by atoms with Gasteiger partial charge in [-0.2, -0.15) is 5.10 Å². The van der Waals surface area contributed by atoms with E-state index in [0.717, 1.165) is 22.6 Å². The monoisotopic (exact) mass is 313 g/mol. The molecular formula is C14H11N5O4. The molecule has 0 saturated heterocycles. The van der Waals surface area contributed by atoms with Gasteiger partial charge in [0.2, 0.25) is 0 Å². The molecule has 0 unspecified atom stereocenters. The van der Waals surface area contributed by atoms with Gasteiger partial charge in [-0.25, -0.2) is 24.1 Å². The van der Waals surface area contributed by atoms with Crippen molar-refractivity contribution in [1.82, 2.24) is 19.6 Å². The van der Waals surface area contributed by atoms with Crippen molar-refractivity contribution in [3.05, 3.63) is 54.1 Å². The maximum absolute atomic E-state index is 11.8. The quantitative estimate of drug-likeness (QED) is 0.750. The lowest BCUT2D eigenvalue weighted by Gasteiger charge is -2.07. The van der Waals surface area contributed by atoms with Crippen molar-refractivity contribution in [3.8, 4) is 0 Å². The number of fused-ring (bicyclic) bond motifs is 1. The fraction of sp³-hybridized carbons (Fsp3) is 0.0714. The number of nitrogens with zero attached hydrogens (tertiary/aromatic N) is 4. The maximum Gasteiger partial charge on any atom is 0.413 e. The van der Waals surface area contributed by atoms with Gasteiger partial charge in [0.15, 0.2) is 17.2 Å². The average molecular weight is 313 g/mol.